The van der Waals surface area contributed by atoms with Crippen molar-refractivity contribution < 1.29 is 4.79 Å². The van der Waals surface area contributed by atoms with Crippen molar-refractivity contribution in [3.05, 3.63) is 261 Å². The Kier molecular flexibility index (Phi) is 31.6. The first kappa shape index (κ1) is 91.6. The monoisotopic (exact) mass is 1600 g/mol. The number of hydrogen-bond donors (Lipinski definition) is 0. The van der Waals surface area contributed by atoms with E-state index in [1.807, 2.05) is 109 Å². The lowest BCUT2D eigenvalue weighted by Crippen LogP contribution is -2.46. The average molecular weight is 1600 g/mol. The van der Waals surface area contributed by atoms with Gasteiger partial charge in [0.1, 0.15) is 5.69 Å². The number of rotatable bonds is 1. The van der Waals surface area contributed by atoms with Gasteiger partial charge in [0, 0.05) is 98.4 Å². The number of amides is 1. The topological polar surface area (TPSA) is 54.3 Å². The van der Waals surface area contributed by atoms with Crippen LogP contribution in [-0.4, -0.2) is 32.0 Å². The summed E-state index contributed by atoms with van der Waals surface area (Å²) in [5.41, 5.74) is 19.9. The molecule has 8 aromatic carbocycles. The Labute approximate surface area is 733 Å². The van der Waals surface area contributed by atoms with E-state index < -0.39 is 0 Å². The van der Waals surface area contributed by atoms with Crippen LogP contribution in [0.15, 0.2) is 194 Å². The molecule has 6 heteroatoms. The predicted octanol–water partition coefficient (Wildman–Crippen LogP) is 25.4. The summed E-state index contributed by atoms with van der Waals surface area (Å²) in [6.07, 6.45) is 14.0. The third-order valence-electron chi connectivity index (χ3n) is 22.3. The quantitative estimate of drug-likeness (QED) is 0.154. The average Bonchev–Trinajstić information content (AvgIpc) is 1.44. The predicted molar refractivity (Wildman–Crippen MR) is 512 cm³/mol. The molecule has 7 aliphatic rings. The second-order valence-electron chi connectivity index (χ2n) is 38.2. The van der Waals surface area contributed by atoms with Gasteiger partial charge in [0.2, 0.25) is 0 Å². The van der Waals surface area contributed by atoms with Crippen molar-refractivity contribution in [1.29, 1.82) is 0 Å². The molecule has 5 aliphatic carbocycles. The number of hydrogen-bond acceptors (Lipinski definition) is 4. The summed E-state index contributed by atoms with van der Waals surface area (Å²) in [5.74, 6) is 69.3. The Morgan fingerprint density at radius 2 is 0.828 bits per heavy atom. The fraction of sp³-hybridized carbons (Fsp3) is 0.371. The van der Waals surface area contributed by atoms with Crippen LogP contribution in [0.5, 0.6) is 0 Å². The van der Waals surface area contributed by atoms with E-state index in [1.165, 1.54) is 78.5 Å². The summed E-state index contributed by atoms with van der Waals surface area (Å²) < 4.78 is 2.00. The van der Waals surface area contributed by atoms with Crippen molar-refractivity contribution in [1.82, 2.24) is 15.0 Å². The van der Waals surface area contributed by atoms with Crippen LogP contribution >= 0.6 is 0 Å². The molecular formula is C116H121N5O. The van der Waals surface area contributed by atoms with E-state index in [-0.39, 0.29) is 27.9 Å². The van der Waals surface area contributed by atoms with Crippen molar-refractivity contribution in [2.24, 2.45) is 39.9 Å². The van der Waals surface area contributed by atoms with Crippen LogP contribution in [0, 0.1) is 170 Å². The van der Waals surface area contributed by atoms with E-state index >= 15 is 0 Å². The molecule has 5 atom stereocenters. The lowest BCUT2D eigenvalue weighted by atomic mass is 9.71. The molecule has 0 bridgehead atoms. The van der Waals surface area contributed by atoms with Gasteiger partial charge < -0.3 is 9.80 Å². The van der Waals surface area contributed by atoms with Crippen molar-refractivity contribution >= 4 is 17.3 Å². The maximum atomic E-state index is 13.1. The molecule has 6 nitrogen and oxygen atoms in total. The third-order valence-corrected chi connectivity index (χ3v) is 22.3. The molecule has 3 unspecified atom stereocenters. The molecule has 9 aromatic rings. The van der Waals surface area contributed by atoms with Gasteiger partial charge in [0.05, 0.1) is 28.2 Å². The summed E-state index contributed by atoms with van der Waals surface area (Å²) in [4.78, 5) is 17.3. The zero-order valence-electron chi connectivity index (χ0n) is 76.0. The number of carbonyl (C=O) groups excluding carboxylic acids is 1. The molecule has 1 fully saturated rings. The first-order valence-electron chi connectivity index (χ1n) is 43.4. The molecule has 0 spiro atoms. The molecule has 0 N–H and O–H groups in total. The molecule has 3 heterocycles. The molecule has 122 heavy (non-hydrogen) atoms. The summed E-state index contributed by atoms with van der Waals surface area (Å²) in [6, 6.07) is 65.7. The lowest BCUT2D eigenvalue weighted by Gasteiger charge is -2.39. The van der Waals surface area contributed by atoms with Crippen LogP contribution in [0.4, 0.5) is 11.4 Å². The van der Waals surface area contributed by atoms with Crippen molar-refractivity contribution in [3.63, 3.8) is 0 Å². The van der Waals surface area contributed by atoms with Gasteiger partial charge in [-0.3, -0.25) is 4.79 Å². The highest BCUT2D eigenvalue weighted by molar-refractivity contribution is 6.09. The highest BCUT2D eigenvalue weighted by Crippen LogP contribution is 2.57. The summed E-state index contributed by atoms with van der Waals surface area (Å²) >= 11 is 0. The Balaban J connectivity index is 0.000000151. The van der Waals surface area contributed by atoms with Crippen LogP contribution in [0.25, 0.3) is 22.5 Å². The van der Waals surface area contributed by atoms with Gasteiger partial charge in [-0.15, -0.1) is 22.9 Å². The van der Waals surface area contributed by atoms with Crippen molar-refractivity contribution in [2.45, 2.75) is 238 Å². The maximum Gasteiger partial charge on any atom is 0.260 e. The number of aromatic nitrogens is 3. The van der Waals surface area contributed by atoms with E-state index in [4.69, 9.17) is 0 Å². The number of benzene rings is 8. The zero-order valence-corrected chi connectivity index (χ0v) is 76.0. The largest absolute Gasteiger partial charge is 0.361 e. The van der Waals surface area contributed by atoms with Gasteiger partial charge in [-0.25, -0.2) is 4.68 Å². The van der Waals surface area contributed by atoms with Crippen LogP contribution in [-0.2, 0) is 18.5 Å². The summed E-state index contributed by atoms with van der Waals surface area (Å²) in [7, 11) is 0. The molecule has 616 valence electrons. The minimum absolute atomic E-state index is 0.000417. The van der Waals surface area contributed by atoms with Gasteiger partial charge in [0.25, 0.3) is 5.91 Å². The van der Waals surface area contributed by atoms with Gasteiger partial charge in [0.15, 0.2) is 0 Å². The van der Waals surface area contributed by atoms with Crippen LogP contribution in [0.2, 0.25) is 0 Å². The molecule has 16 rings (SSSR count). The molecule has 1 saturated carbocycles. The van der Waals surface area contributed by atoms with Crippen LogP contribution < -0.4 is 9.80 Å². The summed E-state index contributed by atoms with van der Waals surface area (Å²) in [5, 5.41) is 8.97. The smallest absolute Gasteiger partial charge is 0.260 e. The van der Waals surface area contributed by atoms with E-state index in [2.05, 4.69) is 365 Å². The molecule has 1 aromatic heterocycles. The number of para-hydroxylation sites is 2. The minimum Gasteiger partial charge on any atom is -0.361 e. The van der Waals surface area contributed by atoms with E-state index in [0.29, 0.717) is 28.2 Å². The Morgan fingerprint density at radius 3 is 1.36 bits per heavy atom. The Bertz CT molecular complexity index is 5810. The number of fused-ring (bicyclic) bond motifs is 12. The van der Waals surface area contributed by atoms with Crippen LogP contribution in [0.1, 0.15) is 280 Å². The van der Waals surface area contributed by atoms with Crippen LogP contribution in [0.3, 0.4) is 0 Å². The molecular weight excluding hydrogens is 1480 g/mol. The Morgan fingerprint density at radius 1 is 0.393 bits per heavy atom. The van der Waals surface area contributed by atoms with Crippen molar-refractivity contribution in [2.75, 3.05) is 9.80 Å². The van der Waals surface area contributed by atoms with Gasteiger partial charge in [-0.2, -0.15) is 0 Å². The highest BCUT2D eigenvalue weighted by atomic mass is 16.2. The summed E-state index contributed by atoms with van der Waals surface area (Å²) in [6.45, 7) is 44.6. The molecule has 2 aliphatic heterocycles. The molecule has 0 saturated heterocycles. The maximum absolute atomic E-state index is 13.1. The first-order chi connectivity index (χ1) is 58.2. The van der Waals surface area contributed by atoms with Gasteiger partial charge in [-0.1, -0.05) is 273 Å². The number of anilines is 2. The molecule has 1 amide bonds. The zero-order chi connectivity index (χ0) is 87.7. The fourth-order valence-corrected chi connectivity index (χ4v) is 16.1. The number of carbonyl (C=O) groups is 1. The van der Waals surface area contributed by atoms with Gasteiger partial charge in [-0.05, 0) is 285 Å². The SMILES string of the molecule is CC#CC#CC#CC#CC#CC.CC(C)(C)C1C#CCCCCC1.CC(C)(C)C1Cc2ccccc2C#Cc2ccccc21.CC(C)(C)CC1[C@H]2CCC#CCC[C@@H]12.CC(C)(C)N1C(=O)c2ccccc2C#Cc2ccccc21.CC(C)(C)N1Cc2ccccc2C#Cc2ccccc21.CC(C)(C)n1nnc2c1-c1ccccc1C#Cc1ccccc1-2. The number of nitrogens with zero attached hydrogens (tertiary/aromatic N) is 5. The van der Waals surface area contributed by atoms with Gasteiger partial charge >= 0.3 is 0 Å². The normalized spacial score (nSPS) is 16.6. The van der Waals surface area contributed by atoms with E-state index in [1.54, 1.807) is 13.8 Å². The van der Waals surface area contributed by atoms with E-state index in [9.17, 15) is 4.79 Å². The first-order valence-corrected chi connectivity index (χ1v) is 43.4. The second-order valence-corrected chi connectivity index (χ2v) is 38.2. The highest BCUT2D eigenvalue weighted by Gasteiger charge is 2.49. The fourth-order valence-electron chi connectivity index (χ4n) is 16.1. The lowest BCUT2D eigenvalue weighted by molar-refractivity contribution is 0.0965. The van der Waals surface area contributed by atoms with E-state index in [0.717, 1.165) is 112 Å². The second kappa shape index (κ2) is 42.0. The van der Waals surface area contributed by atoms with Crippen molar-refractivity contribution in [3.8, 4) is 153 Å². The third kappa shape index (κ3) is 25.7. The standard InChI is InChI=1S/C20H17N3.C20H20.C19H17NO.C19H19N.C14H22.C12H20.C12H6/c1-20(2,3)23-19-17-11-7-5-9-15(17)13-12-14-8-4-6-10-16(14)18(19)21-22-23;1-20(2,3)19-14-17-10-5-4-8-15(17)12-13-16-9-6-7-11-18(16)19;1-19(2,3)20-17-11-7-5-9-15(17)13-12-14-8-4-6-10-16(14)18(20)21;1-19(2,3)20-14-17-10-5-4-8-15(17)12-13-16-9-6-7-11-18(16)20;1-14(2,3)10-13-11-8-6-4-5-7-9-12(11)13;1-12(2,3)11-9-7-5-4-6-8-10-11;1-3-5-7-9-11-12-10-8-6-4-2/h4-11H,1-3H3;4-11,19H,14H2,1-3H3;4-11H,1-3H3;4-11H,14H2,1-3H3;11-13H,6-10H2,1-3H3;11H,4-7,9H2,1-3H3;1-2H3/t;;;;11-,12+,13?;;. The molecule has 0 radical (unpaired) electrons. The minimum atomic E-state index is -0.320. The Hall–Kier alpha value is -12.7.